The minimum Gasteiger partial charge on any atom is -0.256 e. The second kappa shape index (κ2) is 7.13. The molecule has 5 aromatic rings. The Labute approximate surface area is 165 Å². The molecule has 1 heteroatoms. The van der Waals surface area contributed by atoms with E-state index in [2.05, 4.69) is 108 Å². The summed E-state index contributed by atoms with van der Waals surface area (Å²) in [6.45, 7) is 0. The molecule has 0 aliphatic heterocycles. The fraction of sp³-hybridized carbons (Fsp3) is 0. The van der Waals surface area contributed by atoms with Gasteiger partial charge in [-0.15, -0.1) is 0 Å². The smallest absolute Gasteiger partial charge is 0.0708 e. The van der Waals surface area contributed by atoms with Crippen molar-refractivity contribution in [3.05, 3.63) is 115 Å². The molecule has 0 radical (unpaired) electrons. The summed E-state index contributed by atoms with van der Waals surface area (Å²) in [5.41, 5.74) is 6.93. The van der Waals surface area contributed by atoms with E-state index in [0.717, 1.165) is 11.3 Å². The zero-order valence-electron chi connectivity index (χ0n) is 15.4. The van der Waals surface area contributed by atoms with E-state index in [1.807, 2.05) is 12.3 Å². The Morgan fingerprint density at radius 2 is 1.07 bits per heavy atom. The van der Waals surface area contributed by atoms with Gasteiger partial charge in [0.05, 0.1) is 5.69 Å². The fourth-order valence-electron chi connectivity index (χ4n) is 3.63. The molecular formula is C27H19N. The fourth-order valence-corrected chi connectivity index (χ4v) is 3.63. The van der Waals surface area contributed by atoms with Crippen molar-refractivity contribution < 1.29 is 0 Å². The Bertz CT molecular complexity index is 1260. The summed E-state index contributed by atoms with van der Waals surface area (Å²) in [6.07, 6.45) is 1.90. The number of aromatic nitrogens is 1. The second-order valence-electron chi connectivity index (χ2n) is 6.94. The Hall–Kier alpha value is -3.71. The van der Waals surface area contributed by atoms with Crippen LogP contribution in [0.3, 0.4) is 0 Å². The quantitative estimate of drug-likeness (QED) is 0.332. The molecule has 0 N–H and O–H groups in total. The van der Waals surface area contributed by atoms with Crippen molar-refractivity contribution in [2.75, 3.05) is 0 Å². The number of rotatable bonds is 3. The molecule has 132 valence electrons. The predicted molar refractivity (Wildman–Crippen MR) is 118 cm³/mol. The number of pyridine rings is 1. The van der Waals surface area contributed by atoms with Gasteiger partial charge in [-0.1, -0.05) is 84.9 Å². The maximum Gasteiger partial charge on any atom is 0.0708 e. The van der Waals surface area contributed by atoms with E-state index >= 15 is 0 Å². The van der Waals surface area contributed by atoms with E-state index in [1.54, 1.807) is 0 Å². The summed E-state index contributed by atoms with van der Waals surface area (Å²) in [5.74, 6) is 0. The molecule has 0 aliphatic carbocycles. The van der Waals surface area contributed by atoms with Gasteiger partial charge in [0.15, 0.2) is 0 Å². The Morgan fingerprint density at radius 1 is 0.393 bits per heavy atom. The normalized spacial score (nSPS) is 10.9. The highest BCUT2D eigenvalue weighted by Gasteiger charge is 2.06. The van der Waals surface area contributed by atoms with Crippen molar-refractivity contribution in [1.82, 2.24) is 4.98 Å². The zero-order chi connectivity index (χ0) is 18.8. The minimum atomic E-state index is 0.989. The van der Waals surface area contributed by atoms with Crippen LogP contribution in [0.1, 0.15) is 0 Å². The molecule has 0 atom stereocenters. The lowest BCUT2D eigenvalue weighted by molar-refractivity contribution is 1.33. The molecule has 0 spiro atoms. The number of hydrogen-bond acceptors (Lipinski definition) is 1. The van der Waals surface area contributed by atoms with Gasteiger partial charge in [0.2, 0.25) is 0 Å². The van der Waals surface area contributed by atoms with E-state index in [1.165, 1.54) is 33.0 Å². The molecule has 28 heavy (non-hydrogen) atoms. The van der Waals surface area contributed by atoms with Crippen LogP contribution in [0.25, 0.3) is 44.3 Å². The summed E-state index contributed by atoms with van der Waals surface area (Å²) in [7, 11) is 0. The molecule has 0 fully saturated rings. The molecule has 0 saturated heterocycles. The van der Waals surface area contributed by atoms with Gasteiger partial charge in [-0.3, -0.25) is 4.98 Å². The number of nitrogens with zero attached hydrogens (tertiary/aromatic N) is 1. The third-order valence-corrected chi connectivity index (χ3v) is 5.11. The summed E-state index contributed by atoms with van der Waals surface area (Å²) in [6, 6.07) is 38.4. The molecule has 1 nitrogen and oxygen atoms in total. The van der Waals surface area contributed by atoms with Gasteiger partial charge in [-0.25, -0.2) is 0 Å². The average Bonchev–Trinajstić information content (AvgIpc) is 2.79. The summed E-state index contributed by atoms with van der Waals surface area (Å²) in [4.78, 5) is 4.63. The van der Waals surface area contributed by atoms with Crippen LogP contribution in [0.15, 0.2) is 115 Å². The number of fused-ring (bicyclic) bond motifs is 1. The summed E-state index contributed by atoms with van der Waals surface area (Å²) >= 11 is 0. The molecule has 0 unspecified atom stereocenters. The molecule has 1 heterocycles. The highest BCUT2D eigenvalue weighted by atomic mass is 14.7. The minimum absolute atomic E-state index is 0.989. The third kappa shape index (κ3) is 3.19. The first-order valence-corrected chi connectivity index (χ1v) is 9.48. The Balaban J connectivity index is 1.55. The van der Waals surface area contributed by atoms with Crippen molar-refractivity contribution in [1.29, 1.82) is 0 Å². The molecule has 4 aromatic carbocycles. The first kappa shape index (κ1) is 16.5. The van der Waals surface area contributed by atoms with Crippen molar-refractivity contribution in [2.24, 2.45) is 0 Å². The second-order valence-corrected chi connectivity index (χ2v) is 6.94. The van der Waals surface area contributed by atoms with Crippen molar-refractivity contribution in [3.63, 3.8) is 0 Å². The molecular weight excluding hydrogens is 338 g/mol. The molecule has 5 rings (SSSR count). The first-order valence-electron chi connectivity index (χ1n) is 9.48. The SMILES string of the molecule is c1ccc(-c2cccc(-c3cc(-c4ccc5ccccc5c4)ccn3)c2)cc1. The van der Waals surface area contributed by atoms with Gasteiger partial charge in [0.25, 0.3) is 0 Å². The lowest BCUT2D eigenvalue weighted by Gasteiger charge is -2.08. The monoisotopic (exact) mass is 357 g/mol. The summed E-state index contributed by atoms with van der Waals surface area (Å²) < 4.78 is 0. The van der Waals surface area contributed by atoms with Gasteiger partial charge < -0.3 is 0 Å². The van der Waals surface area contributed by atoms with Crippen LogP contribution in [0.5, 0.6) is 0 Å². The van der Waals surface area contributed by atoms with E-state index in [9.17, 15) is 0 Å². The highest BCUT2D eigenvalue weighted by molar-refractivity contribution is 5.87. The summed E-state index contributed by atoms with van der Waals surface area (Å²) in [5, 5.41) is 2.51. The lowest BCUT2D eigenvalue weighted by Crippen LogP contribution is -1.87. The molecule has 0 saturated carbocycles. The van der Waals surface area contributed by atoms with Crippen LogP contribution < -0.4 is 0 Å². The van der Waals surface area contributed by atoms with Crippen LogP contribution in [-0.2, 0) is 0 Å². The van der Waals surface area contributed by atoms with Gasteiger partial charge in [0.1, 0.15) is 0 Å². The van der Waals surface area contributed by atoms with Crippen molar-refractivity contribution >= 4 is 10.8 Å². The predicted octanol–water partition coefficient (Wildman–Crippen LogP) is 7.24. The van der Waals surface area contributed by atoms with E-state index < -0.39 is 0 Å². The zero-order valence-corrected chi connectivity index (χ0v) is 15.4. The van der Waals surface area contributed by atoms with Crippen molar-refractivity contribution in [2.45, 2.75) is 0 Å². The topological polar surface area (TPSA) is 12.9 Å². The molecule has 1 aromatic heterocycles. The van der Waals surface area contributed by atoms with Crippen LogP contribution in [0, 0.1) is 0 Å². The van der Waals surface area contributed by atoms with Crippen LogP contribution >= 0.6 is 0 Å². The Kier molecular flexibility index (Phi) is 4.19. The average molecular weight is 357 g/mol. The maximum absolute atomic E-state index is 4.63. The maximum atomic E-state index is 4.63. The van der Waals surface area contributed by atoms with E-state index in [0.29, 0.717) is 0 Å². The van der Waals surface area contributed by atoms with Crippen LogP contribution in [0.2, 0.25) is 0 Å². The van der Waals surface area contributed by atoms with Gasteiger partial charge in [-0.05, 0) is 57.3 Å². The molecule has 0 bridgehead atoms. The standard InChI is InChI=1S/C27H19N/c1-2-7-20(8-3-1)23-11-6-12-26(18-23)27-19-25(15-16-28-27)24-14-13-21-9-4-5-10-22(21)17-24/h1-19H. The first-order chi connectivity index (χ1) is 13.9. The van der Waals surface area contributed by atoms with Crippen molar-refractivity contribution in [3.8, 4) is 33.5 Å². The molecule has 0 aliphatic rings. The lowest BCUT2D eigenvalue weighted by atomic mass is 9.98. The van der Waals surface area contributed by atoms with Gasteiger partial charge in [-0.2, -0.15) is 0 Å². The number of benzene rings is 4. The van der Waals surface area contributed by atoms with E-state index in [4.69, 9.17) is 0 Å². The number of hydrogen-bond donors (Lipinski definition) is 0. The Morgan fingerprint density at radius 3 is 1.96 bits per heavy atom. The van der Waals surface area contributed by atoms with Gasteiger partial charge >= 0.3 is 0 Å². The third-order valence-electron chi connectivity index (χ3n) is 5.11. The molecule has 0 amide bonds. The van der Waals surface area contributed by atoms with Crippen LogP contribution in [-0.4, -0.2) is 4.98 Å². The highest BCUT2D eigenvalue weighted by Crippen LogP contribution is 2.29. The van der Waals surface area contributed by atoms with Crippen LogP contribution in [0.4, 0.5) is 0 Å². The van der Waals surface area contributed by atoms with Gasteiger partial charge in [0, 0.05) is 11.8 Å². The van der Waals surface area contributed by atoms with E-state index in [-0.39, 0.29) is 0 Å². The largest absolute Gasteiger partial charge is 0.256 e.